The van der Waals surface area contributed by atoms with Crippen LogP contribution in [-0.4, -0.2) is 36.2 Å². The van der Waals surface area contributed by atoms with Crippen LogP contribution in [0.15, 0.2) is 60.8 Å². The molecule has 0 aliphatic rings. The van der Waals surface area contributed by atoms with Crippen molar-refractivity contribution in [2.75, 3.05) is 25.6 Å². The van der Waals surface area contributed by atoms with Crippen molar-refractivity contribution in [2.24, 2.45) is 0 Å². The number of alkyl halides is 3. The molecular weight excluding hydrogens is 492 g/mol. The number of ketones is 1. The lowest BCUT2D eigenvalue weighted by Crippen LogP contribution is -2.22. The van der Waals surface area contributed by atoms with E-state index in [1.54, 1.807) is 25.1 Å². The zero-order valence-electron chi connectivity index (χ0n) is 19.9. The molecule has 1 unspecified atom stereocenters. The highest BCUT2D eigenvalue weighted by atomic mass is 19.4. The second kappa shape index (κ2) is 10.5. The summed E-state index contributed by atoms with van der Waals surface area (Å²) >= 11 is 0. The number of Topliss-reactive ketones (excluding diaryl/α,β-unsaturated/α-hetero) is 1. The number of benzene rings is 3. The average Bonchev–Trinajstić information content (AvgIpc) is 3.29. The predicted octanol–water partition coefficient (Wildman–Crippen LogP) is 6.05. The van der Waals surface area contributed by atoms with Crippen molar-refractivity contribution in [2.45, 2.75) is 19.1 Å². The molecule has 0 fully saturated rings. The van der Waals surface area contributed by atoms with Gasteiger partial charge in [0.2, 0.25) is 0 Å². The Balaban J connectivity index is 1.81. The number of aliphatic hydroxyl groups is 1. The quantitative estimate of drug-likeness (QED) is 0.186. The highest BCUT2D eigenvalue weighted by molar-refractivity contribution is 6.11. The molecule has 4 rings (SSSR count). The van der Waals surface area contributed by atoms with Crippen LogP contribution in [0.1, 0.15) is 33.1 Å². The smallest absolute Gasteiger partial charge is 0.416 e. The monoisotopic (exact) mass is 516 g/mol. The minimum absolute atomic E-state index is 0.0307. The molecule has 37 heavy (non-hydrogen) atoms. The molecule has 0 aliphatic heterocycles. The SMILES string of the molecule is COc1cc(NC(C(=O)c2c[nH]c3ccc(C(F)(F)F)cc23)c2ccc(F)cc2C)cc(OCCO)c1. The van der Waals surface area contributed by atoms with Gasteiger partial charge in [-0.2, -0.15) is 13.2 Å². The number of fused-ring (bicyclic) bond motifs is 1. The molecule has 1 atom stereocenters. The van der Waals surface area contributed by atoms with Crippen LogP contribution in [0.3, 0.4) is 0 Å². The van der Waals surface area contributed by atoms with Gasteiger partial charge < -0.3 is 24.9 Å². The minimum atomic E-state index is -4.58. The van der Waals surface area contributed by atoms with E-state index in [1.807, 2.05) is 0 Å². The molecule has 3 N–H and O–H groups in total. The highest BCUT2D eigenvalue weighted by Crippen LogP contribution is 2.35. The van der Waals surface area contributed by atoms with Crippen molar-refractivity contribution in [3.63, 3.8) is 0 Å². The fraction of sp³-hybridized carbons (Fsp3) is 0.222. The summed E-state index contributed by atoms with van der Waals surface area (Å²) in [4.78, 5) is 16.7. The topological polar surface area (TPSA) is 83.6 Å². The lowest BCUT2D eigenvalue weighted by molar-refractivity contribution is -0.137. The molecule has 1 heterocycles. The molecule has 3 aromatic carbocycles. The summed E-state index contributed by atoms with van der Waals surface area (Å²) in [5, 5.41) is 12.3. The molecule has 10 heteroatoms. The van der Waals surface area contributed by atoms with Gasteiger partial charge in [-0.1, -0.05) is 6.07 Å². The van der Waals surface area contributed by atoms with E-state index in [0.717, 1.165) is 12.1 Å². The van der Waals surface area contributed by atoms with Crippen molar-refractivity contribution < 1.29 is 36.9 Å². The van der Waals surface area contributed by atoms with Gasteiger partial charge in [0.25, 0.3) is 0 Å². The van der Waals surface area contributed by atoms with Crippen LogP contribution in [-0.2, 0) is 6.18 Å². The number of hydrogen-bond donors (Lipinski definition) is 3. The molecule has 1 aromatic heterocycles. The molecule has 194 valence electrons. The van der Waals surface area contributed by atoms with Crippen molar-refractivity contribution in [1.82, 2.24) is 4.98 Å². The Bertz CT molecular complexity index is 1430. The molecule has 0 spiro atoms. The van der Waals surface area contributed by atoms with Gasteiger partial charge in [-0.15, -0.1) is 0 Å². The lowest BCUT2D eigenvalue weighted by Gasteiger charge is -2.22. The van der Waals surface area contributed by atoms with E-state index in [9.17, 15) is 22.4 Å². The van der Waals surface area contributed by atoms with Crippen LogP contribution < -0.4 is 14.8 Å². The van der Waals surface area contributed by atoms with E-state index < -0.39 is 29.4 Å². The van der Waals surface area contributed by atoms with E-state index in [1.165, 1.54) is 37.6 Å². The average molecular weight is 516 g/mol. The van der Waals surface area contributed by atoms with Crippen molar-refractivity contribution in [1.29, 1.82) is 0 Å². The Morgan fingerprint density at radius 2 is 1.84 bits per heavy atom. The Morgan fingerprint density at radius 3 is 2.51 bits per heavy atom. The number of anilines is 1. The summed E-state index contributed by atoms with van der Waals surface area (Å²) in [6.45, 7) is 1.46. The van der Waals surface area contributed by atoms with Crippen LogP contribution in [0.4, 0.5) is 23.2 Å². The van der Waals surface area contributed by atoms with Gasteiger partial charge in [0.1, 0.15) is 30.0 Å². The standard InChI is InChI=1S/C27H24F4N2O4/c1-15-9-17(28)4-5-21(15)25(33-18-11-19(36-2)13-20(12-18)37-8-7-34)26(35)23-14-32-24-6-3-16(10-22(23)24)27(29,30)31/h3-6,9-14,25,32-34H,7-8H2,1-2H3. The molecule has 0 saturated carbocycles. The maximum absolute atomic E-state index is 13.9. The first-order chi connectivity index (χ1) is 17.6. The summed E-state index contributed by atoms with van der Waals surface area (Å²) in [6.07, 6.45) is -3.22. The summed E-state index contributed by atoms with van der Waals surface area (Å²) in [5.41, 5.74) is 0.850. The number of hydrogen-bond acceptors (Lipinski definition) is 5. The Hall–Kier alpha value is -4.05. The van der Waals surface area contributed by atoms with Gasteiger partial charge in [0.15, 0.2) is 5.78 Å². The number of aromatic amines is 1. The summed E-state index contributed by atoms with van der Waals surface area (Å²) in [7, 11) is 1.45. The van der Waals surface area contributed by atoms with E-state index in [2.05, 4.69) is 10.3 Å². The maximum Gasteiger partial charge on any atom is 0.416 e. The number of aliphatic hydroxyl groups excluding tert-OH is 1. The number of aryl methyl sites for hydroxylation is 1. The number of carbonyl (C=O) groups excluding carboxylic acids is 1. The Morgan fingerprint density at radius 1 is 1.08 bits per heavy atom. The van der Waals surface area contributed by atoms with Gasteiger partial charge in [-0.25, -0.2) is 4.39 Å². The highest BCUT2D eigenvalue weighted by Gasteiger charge is 2.32. The van der Waals surface area contributed by atoms with Crippen LogP contribution in [0, 0.1) is 12.7 Å². The van der Waals surface area contributed by atoms with Gasteiger partial charge >= 0.3 is 6.18 Å². The van der Waals surface area contributed by atoms with Crippen molar-refractivity contribution in [3.8, 4) is 11.5 Å². The number of rotatable bonds is 9. The maximum atomic E-state index is 13.9. The van der Waals surface area contributed by atoms with E-state index in [0.29, 0.717) is 33.8 Å². The first kappa shape index (κ1) is 26.0. The largest absolute Gasteiger partial charge is 0.497 e. The number of ether oxygens (including phenoxy) is 2. The number of methoxy groups -OCH3 is 1. The summed E-state index contributed by atoms with van der Waals surface area (Å²) < 4.78 is 64.8. The molecule has 0 amide bonds. The second-order valence-electron chi connectivity index (χ2n) is 8.37. The van der Waals surface area contributed by atoms with Crippen molar-refractivity contribution >= 4 is 22.4 Å². The molecule has 6 nitrogen and oxygen atoms in total. The fourth-order valence-corrected chi connectivity index (χ4v) is 4.09. The van der Waals surface area contributed by atoms with Crippen LogP contribution in [0.2, 0.25) is 0 Å². The number of carbonyl (C=O) groups is 1. The third-order valence-corrected chi connectivity index (χ3v) is 5.87. The third-order valence-electron chi connectivity index (χ3n) is 5.87. The van der Waals surface area contributed by atoms with E-state index in [4.69, 9.17) is 14.6 Å². The molecule has 0 aliphatic carbocycles. The predicted molar refractivity (Wildman–Crippen MR) is 131 cm³/mol. The number of aromatic nitrogens is 1. The Labute approximate surface area is 209 Å². The molecular formula is C27H24F4N2O4. The summed E-state index contributed by atoms with van der Waals surface area (Å²) in [6, 6.07) is 10.8. The van der Waals surface area contributed by atoms with Gasteiger partial charge in [0, 0.05) is 46.5 Å². The normalized spacial score (nSPS) is 12.4. The zero-order chi connectivity index (χ0) is 26.7. The number of halogens is 4. The van der Waals surface area contributed by atoms with Gasteiger partial charge in [-0.05, 0) is 48.4 Å². The van der Waals surface area contributed by atoms with Crippen molar-refractivity contribution in [3.05, 3.63) is 88.9 Å². The van der Waals surface area contributed by atoms with Gasteiger partial charge in [-0.3, -0.25) is 4.79 Å². The second-order valence-corrected chi connectivity index (χ2v) is 8.37. The number of H-pyrrole nitrogens is 1. The molecule has 0 radical (unpaired) electrons. The van der Waals surface area contributed by atoms with Crippen LogP contribution >= 0.6 is 0 Å². The number of nitrogens with one attached hydrogen (secondary N) is 2. The van der Waals surface area contributed by atoms with Crippen LogP contribution in [0.5, 0.6) is 11.5 Å². The molecule has 4 aromatic rings. The van der Waals surface area contributed by atoms with Crippen LogP contribution in [0.25, 0.3) is 10.9 Å². The fourth-order valence-electron chi connectivity index (χ4n) is 4.09. The first-order valence-corrected chi connectivity index (χ1v) is 11.3. The first-order valence-electron chi connectivity index (χ1n) is 11.3. The molecule has 0 bridgehead atoms. The Kier molecular flexibility index (Phi) is 7.40. The minimum Gasteiger partial charge on any atom is -0.497 e. The zero-order valence-corrected chi connectivity index (χ0v) is 19.9. The van der Waals surface area contributed by atoms with E-state index in [-0.39, 0.29) is 24.2 Å². The third kappa shape index (κ3) is 5.69. The van der Waals surface area contributed by atoms with E-state index >= 15 is 0 Å². The molecule has 0 saturated heterocycles. The summed E-state index contributed by atoms with van der Waals surface area (Å²) in [5.74, 6) is -0.252. The van der Waals surface area contributed by atoms with Gasteiger partial charge in [0.05, 0.1) is 19.3 Å². The lowest BCUT2D eigenvalue weighted by atomic mass is 9.93.